The molecule has 24 heavy (non-hydrogen) atoms. The number of carbonyl (C=O) groups excluding carboxylic acids is 1. The van der Waals surface area contributed by atoms with Gasteiger partial charge in [-0.05, 0) is 37.8 Å². The summed E-state index contributed by atoms with van der Waals surface area (Å²) in [5.74, 6) is 0.545. The molecule has 0 aromatic carbocycles. The first-order valence-electron chi connectivity index (χ1n) is 8.72. The molecule has 1 amide bonds. The fourth-order valence-corrected chi connectivity index (χ4v) is 3.52. The van der Waals surface area contributed by atoms with Gasteiger partial charge in [0.2, 0.25) is 5.91 Å². The first-order valence-corrected chi connectivity index (χ1v) is 8.72. The molecule has 0 aliphatic carbocycles. The lowest BCUT2D eigenvalue weighted by atomic mass is 9.94. The number of amides is 1. The number of aryl methyl sites for hydroxylation is 1. The van der Waals surface area contributed by atoms with Crippen LogP contribution in [0.25, 0.3) is 5.69 Å². The number of likely N-dealkylation sites (tertiary alicyclic amines) is 1. The Kier molecular flexibility index (Phi) is 3.96. The van der Waals surface area contributed by atoms with Crippen molar-refractivity contribution in [1.82, 2.24) is 19.7 Å². The minimum absolute atomic E-state index is 0.189. The molecular formula is C18H23N5O. The van der Waals surface area contributed by atoms with E-state index in [4.69, 9.17) is 0 Å². The SMILES string of the molecule is Cc1cnn(-c2ccncc2N2CCC(C(=O)N3CCC3)CC2)c1. The number of rotatable bonds is 3. The van der Waals surface area contributed by atoms with Crippen molar-refractivity contribution in [2.75, 3.05) is 31.1 Å². The normalized spacial score (nSPS) is 18.5. The summed E-state index contributed by atoms with van der Waals surface area (Å²) in [4.78, 5) is 21.0. The van der Waals surface area contributed by atoms with Gasteiger partial charge < -0.3 is 9.80 Å². The van der Waals surface area contributed by atoms with Crippen molar-refractivity contribution in [3.63, 3.8) is 0 Å². The third-order valence-corrected chi connectivity index (χ3v) is 5.09. The monoisotopic (exact) mass is 325 g/mol. The van der Waals surface area contributed by atoms with Crippen molar-refractivity contribution in [3.05, 3.63) is 36.4 Å². The highest BCUT2D eigenvalue weighted by atomic mass is 16.2. The van der Waals surface area contributed by atoms with E-state index in [1.807, 2.05) is 41.2 Å². The molecule has 0 unspecified atom stereocenters. The summed E-state index contributed by atoms with van der Waals surface area (Å²) in [6, 6.07) is 2.00. The van der Waals surface area contributed by atoms with Crippen LogP contribution in [0.5, 0.6) is 0 Å². The van der Waals surface area contributed by atoms with E-state index in [0.717, 1.165) is 62.4 Å². The lowest BCUT2D eigenvalue weighted by Gasteiger charge is -2.38. The van der Waals surface area contributed by atoms with Crippen LogP contribution in [0.2, 0.25) is 0 Å². The van der Waals surface area contributed by atoms with Crippen molar-refractivity contribution >= 4 is 11.6 Å². The van der Waals surface area contributed by atoms with Gasteiger partial charge >= 0.3 is 0 Å². The lowest BCUT2D eigenvalue weighted by Crippen LogP contribution is -2.48. The summed E-state index contributed by atoms with van der Waals surface area (Å²) in [7, 11) is 0. The van der Waals surface area contributed by atoms with Crippen LogP contribution < -0.4 is 4.90 Å². The Hall–Kier alpha value is -2.37. The average Bonchev–Trinajstić information content (AvgIpc) is 3.00. The topological polar surface area (TPSA) is 54.3 Å². The van der Waals surface area contributed by atoms with Crippen LogP contribution in [-0.2, 0) is 4.79 Å². The molecule has 0 bridgehead atoms. The molecule has 0 saturated carbocycles. The summed E-state index contributed by atoms with van der Waals surface area (Å²) in [5.41, 5.74) is 3.28. The molecule has 0 N–H and O–H groups in total. The van der Waals surface area contributed by atoms with Gasteiger partial charge in [0.15, 0.2) is 0 Å². The molecule has 6 nitrogen and oxygen atoms in total. The maximum absolute atomic E-state index is 12.4. The maximum Gasteiger partial charge on any atom is 0.225 e. The van der Waals surface area contributed by atoms with E-state index >= 15 is 0 Å². The number of anilines is 1. The van der Waals surface area contributed by atoms with Crippen LogP contribution in [0, 0.1) is 12.8 Å². The van der Waals surface area contributed by atoms with E-state index in [2.05, 4.69) is 15.0 Å². The molecule has 2 aromatic rings. The quantitative estimate of drug-likeness (QED) is 0.866. The second-order valence-corrected chi connectivity index (χ2v) is 6.77. The molecule has 2 fully saturated rings. The number of piperidine rings is 1. The molecular weight excluding hydrogens is 302 g/mol. The van der Waals surface area contributed by atoms with E-state index < -0.39 is 0 Å². The molecule has 0 spiro atoms. The van der Waals surface area contributed by atoms with E-state index in [-0.39, 0.29) is 5.92 Å². The Morgan fingerprint density at radius 3 is 2.54 bits per heavy atom. The highest BCUT2D eigenvalue weighted by Crippen LogP contribution is 2.29. The smallest absolute Gasteiger partial charge is 0.225 e. The van der Waals surface area contributed by atoms with Gasteiger partial charge in [0, 0.05) is 44.5 Å². The zero-order valence-corrected chi connectivity index (χ0v) is 14.1. The average molecular weight is 325 g/mol. The predicted octanol–water partition coefficient (Wildman–Crippen LogP) is 2.02. The van der Waals surface area contributed by atoms with Gasteiger partial charge in [-0.3, -0.25) is 9.78 Å². The van der Waals surface area contributed by atoms with Gasteiger partial charge in [0.1, 0.15) is 0 Å². The Balaban J connectivity index is 1.49. The van der Waals surface area contributed by atoms with Crippen LogP contribution >= 0.6 is 0 Å². The number of pyridine rings is 1. The van der Waals surface area contributed by atoms with Crippen molar-refractivity contribution in [2.24, 2.45) is 5.92 Å². The number of hydrogen-bond acceptors (Lipinski definition) is 4. The first-order chi connectivity index (χ1) is 11.7. The van der Waals surface area contributed by atoms with Crippen molar-refractivity contribution < 1.29 is 4.79 Å². The molecule has 2 aliphatic heterocycles. The Morgan fingerprint density at radius 1 is 1.12 bits per heavy atom. The van der Waals surface area contributed by atoms with Gasteiger partial charge in [-0.15, -0.1) is 0 Å². The second kappa shape index (κ2) is 6.26. The minimum atomic E-state index is 0.189. The summed E-state index contributed by atoms with van der Waals surface area (Å²) in [5, 5.41) is 4.43. The number of hydrogen-bond donors (Lipinski definition) is 0. The summed E-state index contributed by atoms with van der Waals surface area (Å²) < 4.78 is 1.91. The van der Waals surface area contributed by atoms with Crippen LogP contribution in [-0.4, -0.2) is 51.8 Å². The fraction of sp³-hybridized carbons (Fsp3) is 0.500. The largest absolute Gasteiger partial charge is 0.368 e. The van der Waals surface area contributed by atoms with Crippen LogP contribution in [0.4, 0.5) is 5.69 Å². The predicted molar refractivity (Wildman–Crippen MR) is 92.2 cm³/mol. The third kappa shape index (κ3) is 2.77. The molecule has 2 aliphatic rings. The standard InChI is InChI=1S/C18H23N5O/c1-14-11-20-23(13-14)16-3-6-19-12-17(16)21-9-4-15(5-10-21)18(24)22-7-2-8-22/h3,6,11-13,15H,2,4-5,7-10H2,1H3. The molecule has 4 heterocycles. The van der Waals surface area contributed by atoms with Crippen molar-refractivity contribution in [2.45, 2.75) is 26.2 Å². The Morgan fingerprint density at radius 2 is 1.92 bits per heavy atom. The Labute approximate surface area is 142 Å². The van der Waals surface area contributed by atoms with E-state index in [0.29, 0.717) is 5.91 Å². The third-order valence-electron chi connectivity index (χ3n) is 5.09. The molecule has 0 atom stereocenters. The van der Waals surface area contributed by atoms with Crippen LogP contribution in [0.15, 0.2) is 30.9 Å². The van der Waals surface area contributed by atoms with Crippen LogP contribution in [0.1, 0.15) is 24.8 Å². The minimum Gasteiger partial charge on any atom is -0.368 e. The van der Waals surface area contributed by atoms with Gasteiger partial charge in [0.25, 0.3) is 0 Å². The molecule has 0 radical (unpaired) electrons. The van der Waals surface area contributed by atoms with Gasteiger partial charge in [0.05, 0.1) is 23.8 Å². The van der Waals surface area contributed by atoms with Crippen molar-refractivity contribution in [1.29, 1.82) is 0 Å². The molecule has 2 aromatic heterocycles. The highest BCUT2D eigenvalue weighted by molar-refractivity contribution is 5.80. The fourth-order valence-electron chi connectivity index (χ4n) is 3.52. The lowest BCUT2D eigenvalue weighted by molar-refractivity contribution is -0.139. The molecule has 4 rings (SSSR count). The van der Waals surface area contributed by atoms with Crippen molar-refractivity contribution in [3.8, 4) is 5.69 Å². The number of nitrogens with zero attached hydrogens (tertiary/aromatic N) is 5. The highest BCUT2D eigenvalue weighted by Gasteiger charge is 2.31. The van der Waals surface area contributed by atoms with E-state index in [9.17, 15) is 4.79 Å². The van der Waals surface area contributed by atoms with E-state index in [1.165, 1.54) is 0 Å². The van der Waals surface area contributed by atoms with E-state index in [1.54, 1.807) is 6.20 Å². The molecule has 126 valence electrons. The van der Waals surface area contributed by atoms with Crippen LogP contribution in [0.3, 0.4) is 0 Å². The maximum atomic E-state index is 12.4. The second-order valence-electron chi connectivity index (χ2n) is 6.77. The van der Waals surface area contributed by atoms with Gasteiger partial charge in [-0.2, -0.15) is 5.10 Å². The Bertz CT molecular complexity index is 729. The first kappa shape index (κ1) is 15.2. The molecule has 6 heteroatoms. The van der Waals surface area contributed by atoms with Gasteiger partial charge in [-0.1, -0.05) is 0 Å². The molecule has 2 saturated heterocycles. The number of aromatic nitrogens is 3. The van der Waals surface area contributed by atoms with Gasteiger partial charge in [-0.25, -0.2) is 4.68 Å². The summed E-state index contributed by atoms with van der Waals surface area (Å²) in [6.45, 7) is 5.72. The zero-order valence-electron chi connectivity index (χ0n) is 14.1. The summed E-state index contributed by atoms with van der Waals surface area (Å²) >= 11 is 0. The number of carbonyl (C=O) groups is 1. The summed E-state index contributed by atoms with van der Waals surface area (Å²) in [6.07, 6.45) is 10.6. The zero-order chi connectivity index (χ0) is 16.5.